The normalized spacial score (nSPS) is 17.0. The molecule has 0 radical (unpaired) electrons. The highest BCUT2D eigenvalue weighted by atomic mass is 32.2. The summed E-state index contributed by atoms with van der Waals surface area (Å²) < 4.78 is 28.1. The molecule has 2 atom stereocenters. The van der Waals surface area contributed by atoms with Crippen molar-refractivity contribution < 1.29 is 18.3 Å². The van der Waals surface area contributed by atoms with Crippen molar-refractivity contribution >= 4 is 10.0 Å². The van der Waals surface area contributed by atoms with Crippen LogP contribution in [-0.4, -0.2) is 50.1 Å². The summed E-state index contributed by atoms with van der Waals surface area (Å²) >= 11 is 0. The zero-order valence-electron chi connectivity index (χ0n) is 9.10. The van der Waals surface area contributed by atoms with Gasteiger partial charge in [0.2, 0.25) is 10.0 Å². The number of likely N-dealkylation sites (N-methyl/N-ethyl adjacent to an activating group) is 1. The second-order valence-electron chi connectivity index (χ2n) is 3.35. The number of aliphatic hydroxyl groups is 1. The van der Waals surface area contributed by atoms with Crippen molar-refractivity contribution in [1.29, 1.82) is 0 Å². The number of ether oxygens (including phenoxy) is 1. The summed E-state index contributed by atoms with van der Waals surface area (Å²) in [5.41, 5.74) is 0. The molecule has 6 heteroatoms. The molecule has 0 aliphatic rings. The molecule has 0 heterocycles. The van der Waals surface area contributed by atoms with Crippen LogP contribution < -0.4 is 0 Å². The Bertz CT molecular complexity index is 252. The zero-order valence-corrected chi connectivity index (χ0v) is 9.91. The Morgan fingerprint density at radius 2 is 2.00 bits per heavy atom. The summed E-state index contributed by atoms with van der Waals surface area (Å²) in [7, 11) is -1.85. The molecule has 0 bridgehead atoms. The van der Waals surface area contributed by atoms with E-state index in [-0.39, 0.29) is 12.6 Å². The van der Waals surface area contributed by atoms with E-state index in [0.717, 1.165) is 17.0 Å². The summed E-state index contributed by atoms with van der Waals surface area (Å²) in [4.78, 5) is 0. The van der Waals surface area contributed by atoms with Gasteiger partial charge in [-0.15, -0.1) is 0 Å². The molecule has 0 aromatic heterocycles. The number of hydrogen-bond acceptors (Lipinski definition) is 4. The summed E-state index contributed by atoms with van der Waals surface area (Å²) in [6.45, 7) is 3.71. The van der Waals surface area contributed by atoms with Crippen LogP contribution in [0.25, 0.3) is 0 Å². The average molecular weight is 225 g/mol. The van der Waals surface area contributed by atoms with Crippen molar-refractivity contribution in [1.82, 2.24) is 4.31 Å². The van der Waals surface area contributed by atoms with Crippen molar-refractivity contribution in [2.45, 2.75) is 32.7 Å². The fraction of sp³-hybridized carbons (Fsp3) is 1.00. The minimum atomic E-state index is -3.25. The van der Waals surface area contributed by atoms with E-state index in [1.807, 2.05) is 13.8 Å². The van der Waals surface area contributed by atoms with E-state index in [4.69, 9.17) is 4.74 Å². The average Bonchev–Trinajstić information content (AvgIpc) is 2.02. The minimum Gasteiger partial charge on any atom is -0.367 e. The first-order valence-corrected chi connectivity index (χ1v) is 6.37. The molecule has 14 heavy (non-hydrogen) atoms. The van der Waals surface area contributed by atoms with Gasteiger partial charge < -0.3 is 9.84 Å². The monoisotopic (exact) mass is 225 g/mol. The Hall–Kier alpha value is -0.170. The van der Waals surface area contributed by atoms with E-state index in [9.17, 15) is 13.5 Å². The molecule has 1 N–H and O–H groups in total. The summed E-state index contributed by atoms with van der Waals surface area (Å²) in [5.74, 6) is 0. The number of rotatable bonds is 6. The van der Waals surface area contributed by atoms with E-state index in [1.54, 1.807) is 0 Å². The van der Waals surface area contributed by atoms with Crippen LogP contribution in [0.2, 0.25) is 0 Å². The molecule has 0 aromatic rings. The SMILES string of the molecule is CCC(C)OC(O)CN(C)S(C)(=O)=O. The van der Waals surface area contributed by atoms with Crippen molar-refractivity contribution in [3.8, 4) is 0 Å². The van der Waals surface area contributed by atoms with Gasteiger partial charge in [0.05, 0.1) is 18.9 Å². The standard InChI is InChI=1S/C8H19NO4S/c1-5-7(2)13-8(10)6-9(3)14(4,11)12/h7-8,10H,5-6H2,1-4H3. The zero-order chi connectivity index (χ0) is 11.4. The van der Waals surface area contributed by atoms with Crippen LogP contribution in [-0.2, 0) is 14.8 Å². The van der Waals surface area contributed by atoms with Gasteiger partial charge in [-0.2, -0.15) is 0 Å². The van der Waals surface area contributed by atoms with Crippen LogP contribution in [0.15, 0.2) is 0 Å². The molecule has 86 valence electrons. The van der Waals surface area contributed by atoms with E-state index in [1.165, 1.54) is 7.05 Å². The van der Waals surface area contributed by atoms with Gasteiger partial charge >= 0.3 is 0 Å². The Morgan fingerprint density at radius 3 is 2.36 bits per heavy atom. The minimum absolute atomic E-state index is 0.0385. The predicted octanol–water partition coefficient (Wildman–Crippen LogP) is 0.0113. The van der Waals surface area contributed by atoms with Gasteiger partial charge in [0, 0.05) is 7.05 Å². The third kappa shape index (κ3) is 5.54. The lowest BCUT2D eigenvalue weighted by atomic mass is 10.3. The van der Waals surface area contributed by atoms with Crippen LogP contribution >= 0.6 is 0 Å². The molecule has 0 aromatic carbocycles. The van der Waals surface area contributed by atoms with Crippen LogP contribution in [0.4, 0.5) is 0 Å². The van der Waals surface area contributed by atoms with E-state index in [2.05, 4.69) is 0 Å². The van der Waals surface area contributed by atoms with Crippen LogP contribution in [0.1, 0.15) is 20.3 Å². The molecule has 0 rings (SSSR count). The molecule has 0 aliphatic carbocycles. The molecular formula is C8H19NO4S. The van der Waals surface area contributed by atoms with Gasteiger partial charge in [-0.25, -0.2) is 12.7 Å². The fourth-order valence-electron chi connectivity index (χ4n) is 0.763. The van der Waals surface area contributed by atoms with E-state index >= 15 is 0 Å². The summed E-state index contributed by atoms with van der Waals surface area (Å²) in [5, 5.41) is 9.36. The lowest BCUT2D eigenvalue weighted by Crippen LogP contribution is -2.36. The topological polar surface area (TPSA) is 66.8 Å². The number of nitrogens with zero attached hydrogens (tertiary/aromatic N) is 1. The predicted molar refractivity (Wildman–Crippen MR) is 54.3 cm³/mol. The Labute approximate surface area is 85.7 Å². The largest absolute Gasteiger partial charge is 0.367 e. The highest BCUT2D eigenvalue weighted by molar-refractivity contribution is 7.88. The fourth-order valence-corrected chi connectivity index (χ4v) is 1.16. The number of sulfonamides is 1. The van der Waals surface area contributed by atoms with Gasteiger partial charge in [-0.1, -0.05) is 6.92 Å². The van der Waals surface area contributed by atoms with Crippen LogP contribution in [0.3, 0.4) is 0 Å². The maximum atomic E-state index is 11.0. The molecule has 5 nitrogen and oxygen atoms in total. The maximum absolute atomic E-state index is 11.0. The highest BCUT2D eigenvalue weighted by Crippen LogP contribution is 2.03. The molecule has 0 fully saturated rings. The third-order valence-electron chi connectivity index (χ3n) is 1.94. The quantitative estimate of drug-likeness (QED) is 0.647. The molecule has 0 saturated carbocycles. The van der Waals surface area contributed by atoms with E-state index < -0.39 is 16.3 Å². The summed E-state index contributed by atoms with van der Waals surface area (Å²) in [6, 6.07) is 0. The van der Waals surface area contributed by atoms with Crippen molar-refractivity contribution in [3.63, 3.8) is 0 Å². The Balaban J connectivity index is 4.01. The molecular weight excluding hydrogens is 206 g/mol. The first-order chi connectivity index (χ1) is 6.27. The highest BCUT2D eigenvalue weighted by Gasteiger charge is 2.17. The number of hydrogen-bond donors (Lipinski definition) is 1. The third-order valence-corrected chi connectivity index (χ3v) is 3.23. The lowest BCUT2D eigenvalue weighted by molar-refractivity contribution is -0.134. The van der Waals surface area contributed by atoms with Crippen molar-refractivity contribution in [2.75, 3.05) is 19.8 Å². The smallest absolute Gasteiger partial charge is 0.211 e. The van der Waals surface area contributed by atoms with E-state index in [0.29, 0.717) is 0 Å². The molecule has 0 saturated heterocycles. The molecule has 2 unspecified atom stereocenters. The van der Waals surface area contributed by atoms with Gasteiger partial charge in [-0.05, 0) is 13.3 Å². The van der Waals surface area contributed by atoms with Crippen LogP contribution in [0, 0.1) is 0 Å². The van der Waals surface area contributed by atoms with Crippen molar-refractivity contribution in [3.05, 3.63) is 0 Å². The van der Waals surface area contributed by atoms with Gasteiger partial charge in [0.15, 0.2) is 6.29 Å². The van der Waals surface area contributed by atoms with Gasteiger partial charge in [0.1, 0.15) is 0 Å². The van der Waals surface area contributed by atoms with Gasteiger partial charge in [-0.3, -0.25) is 0 Å². The summed E-state index contributed by atoms with van der Waals surface area (Å²) in [6.07, 6.45) is 0.727. The first-order valence-electron chi connectivity index (χ1n) is 4.52. The molecule has 0 amide bonds. The maximum Gasteiger partial charge on any atom is 0.211 e. The molecule has 0 aliphatic heterocycles. The lowest BCUT2D eigenvalue weighted by Gasteiger charge is -2.21. The first kappa shape index (κ1) is 13.8. The second kappa shape index (κ2) is 5.65. The second-order valence-corrected chi connectivity index (χ2v) is 5.44. The van der Waals surface area contributed by atoms with Crippen molar-refractivity contribution in [2.24, 2.45) is 0 Å². The number of aliphatic hydroxyl groups excluding tert-OH is 1. The van der Waals surface area contributed by atoms with Gasteiger partial charge in [0.25, 0.3) is 0 Å². The Morgan fingerprint density at radius 1 is 1.50 bits per heavy atom. The van der Waals surface area contributed by atoms with Crippen LogP contribution in [0.5, 0.6) is 0 Å². The molecule has 0 spiro atoms. The Kier molecular flexibility index (Phi) is 5.58.